The van der Waals surface area contributed by atoms with Crippen molar-refractivity contribution in [3.8, 4) is 6.07 Å². The molecule has 0 unspecified atom stereocenters. The Labute approximate surface area is 122 Å². The molecule has 0 aromatic heterocycles. The molecule has 2 aromatic carbocycles. The van der Waals surface area contributed by atoms with E-state index in [-0.39, 0.29) is 5.91 Å². The van der Waals surface area contributed by atoms with Gasteiger partial charge < -0.3 is 10.0 Å². The second-order valence-electron chi connectivity index (χ2n) is 5.02. The highest BCUT2D eigenvalue weighted by atomic mass is 16.3. The van der Waals surface area contributed by atoms with Gasteiger partial charge in [0.25, 0.3) is 0 Å². The summed E-state index contributed by atoms with van der Waals surface area (Å²) < 4.78 is 0. The fourth-order valence-corrected chi connectivity index (χ4v) is 2.64. The van der Waals surface area contributed by atoms with Crippen LogP contribution in [0.1, 0.15) is 17.2 Å². The lowest BCUT2D eigenvalue weighted by molar-refractivity contribution is -0.124. The normalized spacial score (nSPS) is 20.8. The molecule has 1 aliphatic heterocycles. The van der Waals surface area contributed by atoms with E-state index in [9.17, 15) is 15.2 Å². The van der Waals surface area contributed by atoms with Gasteiger partial charge in [-0.25, -0.2) is 0 Å². The van der Waals surface area contributed by atoms with Gasteiger partial charge in [-0.05, 0) is 11.6 Å². The van der Waals surface area contributed by atoms with E-state index in [1.54, 1.807) is 23.1 Å². The number of aliphatic hydroxyl groups excluding tert-OH is 1. The Morgan fingerprint density at radius 2 is 1.76 bits per heavy atom. The second-order valence-corrected chi connectivity index (χ2v) is 5.02. The minimum atomic E-state index is -1.06. The monoisotopic (exact) mass is 278 g/mol. The van der Waals surface area contributed by atoms with Gasteiger partial charge in [0.1, 0.15) is 6.10 Å². The van der Waals surface area contributed by atoms with E-state index in [0.717, 1.165) is 5.56 Å². The topological polar surface area (TPSA) is 64.3 Å². The SMILES string of the molecule is N#C[C@H]1C(=O)N(Cc2ccccc2)c2ccccc2[C@H]1O. The quantitative estimate of drug-likeness (QED) is 0.917. The number of rotatable bonds is 2. The molecule has 21 heavy (non-hydrogen) atoms. The van der Waals surface area contributed by atoms with Crippen molar-refractivity contribution >= 4 is 11.6 Å². The van der Waals surface area contributed by atoms with Gasteiger partial charge >= 0.3 is 0 Å². The van der Waals surface area contributed by atoms with Crippen molar-refractivity contribution in [1.29, 1.82) is 5.26 Å². The summed E-state index contributed by atoms with van der Waals surface area (Å²) in [6.07, 6.45) is -1.06. The third-order valence-electron chi connectivity index (χ3n) is 3.72. The molecule has 3 rings (SSSR count). The van der Waals surface area contributed by atoms with Crippen LogP contribution in [0.15, 0.2) is 54.6 Å². The summed E-state index contributed by atoms with van der Waals surface area (Å²) in [5, 5.41) is 19.4. The molecule has 0 aliphatic carbocycles. The van der Waals surface area contributed by atoms with E-state index in [1.807, 2.05) is 42.5 Å². The molecular formula is C17H14N2O2. The molecule has 0 fully saturated rings. The van der Waals surface area contributed by atoms with Crippen molar-refractivity contribution in [2.24, 2.45) is 5.92 Å². The molecule has 1 heterocycles. The summed E-state index contributed by atoms with van der Waals surface area (Å²) in [6.45, 7) is 0.390. The largest absolute Gasteiger partial charge is 0.386 e. The van der Waals surface area contributed by atoms with Gasteiger partial charge in [0.15, 0.2) is 5.92 Å². The zero-order valence-corrected chi connectivity index (χ0v) is 11.3. The lowest BCUT2D eigenvalue weighted by atomic mass is 9.89. The number of hydrogen-bond acceptors (Lipinski definition) is 3. The first-order valence-electron chi connectivity index (χ1n) is 6.74. The highest BCUT2D eigenvalue weighted by Crippen LogP contribution is 2.38. The maximum absolute atomic E-state index is 12.5. The average molecular weight is 278 g/mol. The number of nitrogens with zero attached hydrogens (tertiary/aromatic N) is 2. The van der Waals surface area contributed by atoms with E-state index < -0.39 is 12.0 Å². The van der Waals surface area contributed by atoms with Crippen molar-refractivity contribution < 1.29 is 9.90 Å². The van der Waals surface area contributed by atoms with Crippen molar-refractivity contribution in [1.82, 2.24) is 0 Å². The van der Waals surface area contributed by atoms with Crippen molar-refractivity contribution in [2.45, 2.75) is 12.6 Å². The summed E-state index contributed by atoms with van der Waals surface area (Å²) in [6, 6.07) is 18.7. The third-order valence-corrected chi connectivity index (χ3v) is 3.72. The molecule has 1 amide bonds. The summed E-state index contributed by atoms with van der Waals surface area (Å²) in [7, 11) is 0. The van der Waals surface area contributed by atoms with Crippen LogP contribution in [0.25, 0.3) is 0 Å². The molecule has 0 spiro atoms. The van der Waals surface area contributed by atoms with Crippen molar-refractivity contribution in [3.63, 3.8) is 0 Å². The van der Waals surface area contributed by atoms with Crippen LogP contribution in [0.5, 0.6) is 0 Å². The number of benzene rings is 2. The second kappa shape index (κ2) is 5.39. The number of para-hydroxylation sites is 1. The molecule has 4 heteroatoms. The number of fused-ring (bicyclic) bond motifs is 1. The molecule has 2 atom stereocenters. The van der Waals surface area contributed by atoms with Gasteiger partial charge in [0.2, 0.25) is 5.91 Å². The van der Waals surface area contributed by atoms with Crippen molar-refractivity contribution in [2.75, 3.05) is 4.90 Å². The van der Waals surface area contributed by atoms with Gasteiger partial charge in [0.05, 0.1) is 12.6 Å². The number of carbonyl (C=O) groups excluding carboxylic acids is 1. The Morgan fingerprint density at radius 1 is 1.10 bits per heavy atom. The van der Waals surface area contributed by atoms with Crippen LogP contribution < -0.4 is 4.90 Å². The number of hydrogen-bond donors (Lipinski definition) is 1. The van der Waals surface area contributed by atoms with Crippen LogP contribution in [0, 0.1) is 17.2 Å². The van der Waals surface area contributed by atoms with E-state index in [2.05, 4.69) is 0 Å². The van der Waals surface area contributed by atoms with E-state index in [0.29, 0.717) is 17.8 Å². The van der Waals surface area contributed by atoms with Crippen LogP contribution in [0.3, 0.4) is 0 Å². The van der Waals surface area contributed by atoms with Crippen LogP contribution in [-0.2, 0) is 11.3 Å². The Bertz CT molecular complexity index is 706. The molecule has 2 aromatic rings. The first-order valence-corrected chi connectivity index (χ1v) is 6.74. The summed E-state index contributed by atoms with van der Waals surface area (Å²) in [5.41, 5.74) is 2.28. The van der Waals surface area contributed by atoms with Gasteiger partial charge in [-0.2, -0.15) is 5.26 Å². The van der Waals surface area contributed by atoms with E-state index in [1.165, 1.54) is 0 Å². The zero-order valence-electron chi connectivity index (χ0n) is 11.3. The highest BCUT2D eigenvalue weighted by molar-refractivity contribution is 6.00. The van der Waals surface area contributed by atoms with Crippen LogP contribution in [0.2, 0.25) is 0 Å². The summed E-state index contributed by atoms with van der Waals surface area (Å²) in [4.78, 5) is 14.1. The van der Waals surface area contributed by atoms with Gasteiger partial charge in [-0.1, -0.05) is 48.5 Å². The van der Waals surface area contributed by atoms with Crippen LogP contribution in [-0.4, -0.2) is 11.0 Å². The summed E-state index contributed by atoms with van der Waals surface area (Å²) in [5.74, 6) is -1.41. The van der Waals surface area contributed by atoms with Gasteiger partial charge in [-0.3, -0.25) is 4.79 Å². The van der Waals surface area contributed by atoms with Gasteiger partial charge in [0, 0.05) is 11.3 Å². The number of aliphatic hydroxyl groups is 1. The van der Waals surface area contributed by atoms with E-state index >= 15 is 0 Å². The van der Waals surface area contributed by atoms with Crippen LogP contribution >= 0.6 is 0 Å². The molecule has 0 radical (unpaired) electrons. The Hall–Kier alpha value is -2.64. The first-order chi connectivity index (χ1) is 10.2. The smallest absolute Gasteiger partial charge is 0.247 e. The Kier molecular flexibility index (Phi) is 3.43. The van der Waals surface area contributed by atoms with E-state index in [4.69, 9.17) is 0 Å². The molecule has 1 N–H and O–H groups in total. The molecule has 0 bridgehead atoms. The Morgan fingerprint density at radius 3 is 2.48 bits per heavy atom. The lowest BCUT2D eigenvalue weighted by Crippen LogP contribution is -2.42. The maximum Gasteiger partial charge on any atom is 0.247 e. The molecule has 104 valence electrons. The maximum atomic E-state index is 12.5. The molecule has 4 nitrogen and oxygen atoms in total. The van der Waals surface area contributed by atoms with Crippen molar-refractivity contribution in [3.05, 3.63) is 65.7 Å². The van der Waals surface area contributed by atoms with Crippen LogP contribution in [0.4, 0.5) is 5.69 Å². The lowest BCUT2D eigenvalue weighted by Gasteiger charge is -2.34. The average Bonchev–Trinajstić information content (AvgIpc) is 2.53. The first kappa shape index (κ1) is 13.3. The predicted octanol–water partition coefficient (Wildman–Crippen LogP) is 2.41. The Balaban J connectivity index is 2.04. The number of anilines is 1. The minimum Gasteiger partial charge on any atom is -0.386 e. The fourth-order valence-electron chi connectivity index (χ4n) is 2.64. The third kappa shape index (κ3) is 2.28. The molecule has 0 saturated heterocycles. The number of amides is 1. The minimum absolute atomic E-state index is 0.354. The molecule has 0 saturated carbocycles. The number of nitriles is 1. The predicted molar refractivity (Wildman–Crippen MR) is 78.1 cm³/mol. The number of carbonyl (C=O) groups is 1. The van der Waals surface area contributed by atoms with Gasteiger partial charge in [-0.15, -0.1) is 0 Å². The fraction of sp³-hybridized carbons (Fsp3) is 0.176. The highest BCUT2D eigenvalue weighted by Gasteiger charge is 2.39. The standard InChI is InChI=1S/C17H14N2O2/c18-10-14-16(20)13-8-4-5-9-15(13)19(17(14)21)11-12-6-2-1-3-7-12/h1-9,14,16,20H,11H2/t14-,16-/m1/s1. The zero-order chi connectivity index (χ0) is 14.8. The molecular weight excluding hydrogens is 264 g/mol. The summed E-state index contributed by atoms with van der Waals surface area (Å²) >= 11 is 0. The molecule has 1 aliphatic rings.